The number of ether oxygens (including phenoxy) is 1. The Kier molecular flexibility index (Phi) is 6.31. The second kappa shape index (κ2) is 9.44. The highest BCUT2D eigenvalue weighted by atomic mass is 32.2. The summed E-state index contributed by atoms with van der Waals surface area (Å²) in [4.78, 5) is 15.9. The average Bonchev–Trinajstić information content (AvgIpc) is 3.59. The monoisotopic (exact) mass is 509 g/mol. The van der Waals surface area contributed by atoms with Crippen LogP contribution in [0.5, 0.6) is 5.75 Å². The van der Waals surface area contributed by atoms with Gasteiger partial charge >= 0.3 is 5.97 Å². The highest BCUT2D eigenvalue weighted by molar-refractivity contribution is 7.89. The average molecular weight is 510 g/mol. The van der Waals surface area contributed by atoms with Gasteiger partial charge in [-0.25, -0.2) is 13.4 Å². The summed E-state index contributed by atoms with van der Waals surface area (Å²) in [5, 5.41) is 10.4. The van der Waals surface area contributed by atoms with Gasteiger partial charge in [0.05, 0.1) is 11.0 Å². The van der Waals surface area contributed by atoms with Crippen molar-refractivity contribution in [3.05, 3.63) is 66.9 Å². The van der Waals surface area contributed by atoms with E-state index in [9.17, 15) is 18.3 Å². The summed E-state index contributed by atoms with van der Waals surface area (Å²) in [5.74, 6) is -0.385. The van der Waals surface area contributed by atoms with E-state index in [0.717, 1.165) is 22.0 Å². The number of carbonyl (C=O) groups is 1. The molecular formula is C26H27N3O6S. The van der Waals surface area contributed by atoms with Gasteiger partial charge in [-0.15, -0.1) is 0 Å². The van der Waals surface area contributed by atoms with Crippen LogP contribution in [0.15, 0.2) is 70.6 Å². The number of carboxylic acids is 1. The minimum atomic E-state index is -3.67. The third-order valence-corrected chi connectivity index (χ3v) is 8.25. The molecular weight excluding hydrogens is 482 g/mol. The molecule has 1 unspecified atom stereocenters. The fourth-order valence-electron chi connectivity index (χ4n) is 4.75. The summed E-state index contributed by atoms with van der Waals surface area (Å²) in [6.07, 6.45) is 5.37. The Hall–Kier alpha value is -3.63. The van der Waals surface area contributed by atoms with Crippen molar-refractivity contribution in [3.8, 4) is 17.0 Å². The number of hydrogen-bond donors (Lipinski definition) is 1. The lowest BCUT2D eigenvalue weighted by atomic mass is 9.97. The van der Waals surface area contributed by atoms with Crippen LogP contribution in [0, 0.1) is 0 Å². The molecule has 1 aliphatic heterocycles. The molecule has 10 heteroatoms. The van der Waals surface area contributed by atoms with Crippen LogP contribution in [0.2, 0.25) is 0 Å². The molecule has 0 spiro atoms. The van der Waals surface area contributed by atoms with Gasteiger partial charge in [0.25, 0.3) is 0 Å². The summed E-state index contributed by atoms with van der Waals surface area (Å²) in [7, 11) is -3.67. The molecule has 188 valence electrons. The van der Waals surface area contributed by atoms with Crippen LogP contribution in [0.4, 0.5) is 0 Å². The van der Waals surface area contributed by atoms with Crippen molar-refractivity contribution in [3.63, 3.8) is 0 Å². The van der Waals surface area contributed by atoms with Crippen molar-refractivity contribution in [1.82, 2.24) is 13.9 Å². The van der Waals surface area contributed by atoms with Gasteiger partial charge in [-0.1, -0.05) is 12.1 Å². The Morgan fingerprint density at radius 2 is 2.00 bits per heavy atom. The van der Waals surface area contributed by atoms with E-state index in [4.69, 9.17) is 9.15 Å². The molecule has 1 aliphatic rings. The molecule has 36 heavy (non-hydrogen) atoms. The number of carboxylic acid groups (broad SMARTS) is 1. The molecule has 1 fully saturated rings. The number of fused-ring (bicyclic) bond motifs is 1. The topological polar surface area (TPSA) is 115 Å². The Balaban J connectivity index is 1.43. The highest BCUT2D eigenvalue weighted by Gasteiger charge is 2.34. The predicted octanol–water partition coefficient (Wildman–Crippen LogP) is 4.35. The molecule has 1 atom stereocenters. The number of sulfonamides is 1. The quantitative estimate of drug-likeness (QED) is 0.376. The minimum absolute atomic E-state index is 0.00193. The number of aliphatic carboxylic acids is 1. The summed E-state index contributed by atoms with van der Waals surface area (Å²) in [6.45, 7) is 4.34. The van der Waals surface area contributed by atoms with Gasteiger partial charge in [0.1, 0.15) is 24.3 Å². The van der Waals surface area contributed by atoms with E-state index in [0.29, 0.717) is 31.0 Å². The normalized spacial score (nSPS) is 16.7. The first-order chi connectivity index (χ1) is 17.2. The Morgan fingerprint density at radius 3 is 2.67 bits per heavy atom. The molecule has 1 saturated heterocycles. The van der Waals surface area contributed by atoms with Gasteiger partial charge in [-0.05, 0) is 56.2 Å². The molecule has 2 aromatic heterocycles. The molecule has 9 nitrogen and oxygen atoms in total. The van der Waals surface area contributed by atoms with Crippen molar-refractivity contribution < 1.29 is 27.5 Å². The lowest BCUT2D eigenvalue weighted by Gasteiger charge is -2.17. The summed E-state index contributed by atoms with van der Waals surface area (Å²) < 4.78 is 40.5. The van der Waals surface area contributed by atoms with Crippen molar-refractivity contribution in [2.45, 2.75) is 43.7 Å². The van der Waals surface area contributed by atoms with E-state index < -0.39 is 16.0 Å². The summed E-state index contributed by atoms with van der Waals surface area (Å²) in [6, 6.07) is 12.2. The maximum absolute atomic E-state index is 13.3. The summed E-state index contributed by atoms with van der Waals surface area (Å²) in [5.41, 5.74) is 3.17. The standard InChI is InChI=1S/C26H27N3O6S/c1-17(2)35-20-4-6-21(7-5-20)36(32,33)29-10-9-19(12-29)23-13-28(14-26(30)31)25-11-18(3-8-22(23)25)24-15-34-16-27-24/h3-8,11,13,15-17,19H,9-10,12,14H2,1-2H3,(H,30,31). The molecule has 0 radical (unpaired) electrons. The SMILES string of the molecule is CC(C)Oc1ccc(S(=O)(=O)N2CCC(c3cn(CC(=O)O)c4cc(-c5cocn5)ccc34)C2)cc1. The Labute approximate surface area is 209 Å². The van der Waals surface area contributed by atoms with E-state index >= 15 is 0 Å². The van der Waals surface area contributed by atoms with E-state index in [1.807, 2.05) is 38.2 Å². The lowest BCUT2D eigenvalue weighted by molar-refractivity contribution is -0.137. The van der Waals surface area contributed by atoms with Crippen molar-refractivity contribution in [2.75, 3.05) is 13.1 Å². The maximum Gasteiger partial charge on any atom is 0.323 e. The third kappa shape index (κ3) is 4.61. The fraction of sp³-hybridized carbons (Fsp3) is 0.308. The number of rotatable bonds is 8. The van der Waals surface area contributed by atoms with E-state index in [1.165, 1.54) is 17.0 Å². The molecule has 4 aromatic rings. The first-order valence-electron chi connectivity index (χ1n) is 11.7. The van der Waals surface area contributed by atoms with Crippen LogP contribution >= 0.6 is 0 Å². The second-order valence-corrected chi connectivity index (χ2v) is 11.1. The van der Waals surface area contributed by atoms with E-state index in [1.54, 1.807) is 28.8 Å². The third-order valence-electron chi connectivity index (χ3n) is 6.37. The molecule has 0 amide bonds. The zero-order valence-electron chi connectivity index (χ0n) is 20.0. The van der Waals surface area contributed by atoms with Gasteiger partial charge in [-0.3, -0.25) is 4.79 Å². The smallest absolute Gasteiger partial charge is 0.323 e. The van der Waals surface area contributed by atoms with Crippen LogP contribution in [-0.2, 0) is 21.4 Å². The molecule has 2 aromatic carbocycles. The zero-order chi connectivity index (χ0) is 25.4. The van der Waals surface area contributed by atoms with E-state index in [-0.39, 0.29) is 23.5 Å². The highest BCUT2D eigenvalue weighted by Crippen LogP contribution is 2.37. The number of hydrogen-bond acceptors (Lipinski definition) is 6. The zero-order valence-corrected chi connectivity index (χ0v) is 20.8. The molecule has 0 aliphatic carbocycles. The maximum atomic E-state index is 13.3. The summed E-state index contributed by atoms with van der Waals surface area (Å²) >= 11 is 0. The second-order valence-electron chi connectivity index (χ2n) is 9.20. The molecule has 0 saturated carbocycles. The Morgan fingerprint density at radius 1 is 1.22 bits per heavy atom. The Bertz CT molecular complexity index is 1490. The van der Waals surface area contributed by atoms with Crippen molar-refractivity contribution >= 4 is 26.9 Å². The molecule has 5 rings (SSSR count). The number of aromatic nitrogens is 2. The van der Waals surface area contributed by atoms with Crippen molar-refractivity contribution in [1.29, 1.82) is 0 Å². The van der Waals surface area contributed by atoms with Gasteiger partial charge in [0.2, 0.25) is 10.0 Å². The van der Waals surface area contributed by atoms with Gasteiger partial charge in [0, 0.05) is 41.7 Å². The molecule has 3 heterocycles. The van der Waals surface area contributed by atoms with Gasteiger partial charge < -0.3 is 18.8 Å². The van der Waals surface area contributed by atoms with Crippen LogP contribution < -0.4 is 4.74 Å². The van der Waals surface area contributed by atoms with Crippen LogP contribution in [0.25, 0.3) is 22.2 Å². The predicted molar refractivity (Wildman–Crippen MR) is 133 cm³/mol. The number of benzene rings is 2. The van der Waals surface area contributed by atoms with Gasteiger partial charge in [0.15, 0.2) is 6.39 Å². The first kappa shape index (κ1) is 24.1. The fourth-order valence-corrected chi connectivity index (χ4v) is 6.25. The van der Waals surface area contributed by atoms with Crippen LogP contribution in [0.3, 0.4) is 0 Å². The minimum Gasteiger partial charge on any atom is -0.491 e. The largest absolute Gasteiger partial charge is 0.491 e. The molecule has 1 N–H and O–H groups in total. The van der Waals surface area contributed by atoms with Gasteiger partial charge in [-0.2, -0.15) is 4.31 Å². The van der Waals surface area contributed by atoms with E-state index in [2.05, 4.69) is 4.98 Å². The number of oxazole rings is 1. The molecule has 0 bridgehead atoms. The van der Waals surface area contributed by atoms with Crippen LogP contribution in [-0.4, -0.2) is 52.5 Å². The number of nitrogens with zero attached hydrogens (tertiary/aromatic N) is 3. The lowest BCUT2D eigenvalue weighted by Crippen LogP contribution is -2.28. The van der Waals surface area contributed by atoms with Crippen molar-refractivity contribution in [2.24, 2.45) is 0 Å². The van der Waals surface area contributed by atoms with Crippen LogP contribution in [0.1, 0.15) is 31.7 Å². The first-order valence-corrected chi connectivity index (χ1v) is 13.2.